The van der Waals surface area contributed by atoms with E-state index in [0.29, 0.717) is 12.3 Å². The van der Waals surface area contributed by atoms with Crippen LogP contribution in [0, 0.1) is 19.8 Å². The minimum absolute atomic E-state index is 0.158. The van der Waals surface area contributed by atoms with Crippen LogP contribution in [0.5, 0.6) is 5.75 Å². The van der Waals surface area contributed by atoms with Crippen molar-refractivity contribution < 1.29 is 9.53 Å². The molecular weight excluding hydrogens is 444 g/mol. The summed E-state index contributed by atoms with van der Waals surface area (Å²) in [5.74, 6) is 3.41. The zero-order chi connectivity index (χ0) is 23.9. The third kappa shape index (κ3) is 6.86. The quantitative estimate of drug-likeness (QED) is 0.278. The Kier molecular flexibility index (Phi) is 8.27. The molecule has 0 unspecified atom stereocenters. The van der Waals surface area contributed by atoms with Gasteiger partial charge in [-0.2, -0.15) is 0 Å². The van der Waals surface area contributed by atoms with Gasteiger partial charge < -0.3 is 10.1 Å². The minimum Gasteiger partial charge on any atom is -0.497 e. The number of thioether (sulfide) groups is 1. The van der Waals surface area contributed by atoms with Crippen molar-refractivity contribution in [1.29, 1.82) is 0 Å². The number of unbranched alkanes of at least 4 members (excludes halogenated alkanes) is 1. The monoisotopic (exact) mass is 478 g/mol. The predicted molar refractivity (Wildman–Crippen MR) is 137 cm³/mol. The zero-order valence-corrected chi connectivity index (χ0v) is 21.2. The highest BCUT2D eigenvalue weighted by Crippen LogP contribution is 2.29. The van der Waals surface area contributed by atoms with Crippen molar-refractivity contribution in [3.05, 3.63) is 65.0 Å². The molecule has 1 heterocycles. The van der Waals surface area contributed by atoms with E-state index in [1.807, 2.05) is 18.2 Å². The molecule has 2 aromatic carbocycles. The average molecular weight is 479 g/mol. The molecule has 1 aliphatic carbocycles. The third-order valence-electron chi connectivity index (χ3n) is 6.00. The first-order valence-electron chi connectivity index (χ1n) is 12.1. The highest BCUT2D eigenvalue weighted by molar-refractivity contribution is 7.98. The van der Waals surface area contributed by atoms with E-state index in [1.165, 1.54) is 29.5 Å². The van der Waals surface area contributed by atoms with Gasteiger partial charge in [-0.15, -0.1) is 10.2 Å². The van der Waals surface area contributed by atoms with E-state index in [4.69, 9.17) is 4.74 Å². The van der Waals surface area contributed by atoms with Crippen molar-refractivity contribution in [2.45, 2.75) is 63.3 Å². The van der Waals surface area contributed by atoms with Crippen molar-refractivity contribution in [3.8, 4) is 11.4 Å². The van der Waals surface area contributed by atoms with Gasteiger partial charge in [0.25, 0.3) is 0 Å². The van der Waals surface area contributed by atoms with Gasteiger partial charge in [0.15, 0.2) is 5.16 Å². The Bertz CT molecular complexity index is 1100. The van der Waals surface area contributed by atoms with Gasteiger partial charge in [0.2, 0.25) is 5.91 Å². The SMILES string of the molecule is COc1cccc(-n2c(CCCCC(=O)NCC3CC3)nnc2SCc2cc(C)cc(C)c2)c1. The normalized spacial score (nSPS) is 13.1. The average Bonchev–Trinajstić information content (AvgIpc) is 3.57. The third-order valence-corrected chi connectivity index (χ3v) is 7.00. The highest BCUT2D eigenvalue weighted by Gasteiger charge is 2.21. The molecule has 7 heteroatoms. The molecule has 3 aromatic rings. The number of amides is 1. The summed E-state index contributed by atoms with van der Waals surface area (Å²) in [6.45, 7) is 5.10. The molecular formula is C27H34N4O2S. The van der Waals surface area contributed by atoms with Crippen LogP contribution >= 0.6 is 11.8 Å². The molecule has 0 atom stereocenters. The summed E-state index contributed by atoms with van der Waals surface area (Å²) in [5, 5.41) is 13.0. The van der Waals surface area contributed by atoms with Crippen LogP contribution < -0.4 is 10.1 Å². The number of carbonyl (C=O) groups excluding carboxylic acids is 1. The van der Waals surface area contributed by atoms with Gasteiger partial charge in [-0.05, 0) is 63.1 Å². The van der Waals surface area contributed by atoms with Crippen LogP contribution in [0.4, 0.5) is 0 Å². The van der Waals surface area contributed by atoms with Crippen molar-refractivity contribution in [1.82, 2.24) is 20.1 Å². The molecule has 1 fully saturated rings. The first kappa shape index (κ1) is 24.3. The summed E-state index contributed by atoms with van der Waals surface area (Å²) in [6, 6.07) is 14.6. The lowest BCUT2D eigenvalue weighted by molar-refractivity contribution is -0.121. The number of aromatic nitrogens is 3. The smallest absolute Gasteiger partial charge is 0.220 e. The number of rotatable bonds is 12. The molecule has 34 heavy (non-hydrogen) atoms. The number of hydrogen-bond acceptors (Lipinski definition) is 5. The second-order valence-corrected chi connectivity index (χ2v) is 10.1. The number of ether oxygens (including phenoxy) is 1. The molecule has 6 nitrogen and oxygen atoms in total. The number of hydrogen-bond donors (Lipinski definition) is 1. The largest absolute Gasteiger partial charge is 0.497 e. The lowest BCUT2D eigenvalue weighted by Gasteiger charge is -2.12. The fourth-order valence-corrected chi connectivity index (χ4v) is 5.00. The summed E-state index contributed by atoms with van der Waals surface area (Å²) < 4.78 is 7.58. The molecule has 1 amide bonds. The summed E-state index contributed by atoms with van der Waals surface area (Å²) in [7, 11) is 1.68. The number of aryl methyl sites for hydroxylation is 3. The van der Waals surface area contributed by atoms with E-state index in [2.05, 4.69) is 58.2 Å². The number of nitrogens with zero attached hydrogens (tertiary/aromatic N) is 3. The van der Waals surface area contributed by atoms with E-state index < -0.39 is 0 Å². The van der Waals surface area contributed by atoms with E-state index in [0.717, 1.165) is 54.0 Å². The van der Waals surface area contributed by atoms with Crippen LogP contribution in [0.1, 0.15) is 54.6 Å². The fourth-order valence-electron chi connectivity index (χ4n) is 4.10. The fraction of sp³-hybridized carbons (Fsp3) is 0.444. The maximum absolute atomic E-state index is 12.1. The Balaban J connectivity index is 1.44. The Morgan fingerprint density at radius 2 is 1.91 bits per heavy atom. The number of carbonyl (C=O) groups is 1. The van der Waals surface area contributed by atoms with Crippen LogP contribution in [0.2, 0.25) is 0 Å². The second-order valence-electron chi connectivity index (χ2n) is 9.17. The van der Waals surface area contributed by atoms with Crippen molar-refractivity contribution in [2.24, 2.45) is 5.92 Å². The molecule has 1 aromatic heterocycles. The van der Waals surface area contributed by atoms with Gasteiger partial charge in [-0.3, -0.25) is 9.36 Å². The van der Waals surface area contributed by atoms with E-state index in [-0.39, 0.29) is 5.91 Å². The summed E-state index contributed by atoms with van der Waals surface area (Å²) in [4.78, 5) is 12.1. The Labute approximate surface area is 206 Å². The standard InChI is InChI=1S/C27H34N4O2S/c1-19-13-20(2)15-22(14-19)18-34-27-30-29-25(31(27)23-7-6-8-24(16-23)33-3)9-4-5-10-26(32)28-17-21-11-12-21/h6-8,13-16,21H,4-5,9-12,17-18H2,1-3H3,(H,28,32). The first-order chi connectivity index (χ1) is 16.5. The maximum atomic E-state index is 12.1. The molecule has 0 spiro atoms. The van der Waals surface area contributed by atoms with E-state index in [9.17, 15) is 4.79 Å². The number of benzene rings is 2. The second kappa shape index (κ2) is 11.6. The van der Waals surface area contributed by atoms with Crippen LogP contribution in [0.3, 0.4) is 0 Å². The molecule has 0 aliphatic heterocycles. The maximum Gasteiger partial charge on any atom is 0.220 e. The molecule has 0 saturated heterocycles. The van der Waals surface area contributed by atoms with Gasteiger partial charge >= 0.3 is 0 Å². The topological polar surface area (TPSA) is 69.0 Å². The zero-order valence-electron chi connectivity index (χ0n) is 20.3. The van der Waals surface area contributed by atoms with Gasteiger partial charge in [-0.25, -0.2) is 0 Å². The lowest BCUT2D eigenvalue weighted by Crippen LogP contribution is -2.25. The molecule has 1 aliphatic rings. The minimum atomic E-state index is 0.158. The number of nitrogens with one attached hydrogen (secondary N) is 1. The molecule has 0 bridgehead atoms. The van der Waals surface area contributed by atoms with Crippen molar-refractivity contribution in [3.63, 3.8) is 0 Å². The lowest BCUT2D eigenvalue weighted by atomic mass is 10.1. The van der Waals surface area contributed by atoms with Gasteiger partial charge in [-0.1, -0.05) is 47.2 Å². The van der Waals surface area contributed by atoms with Crippen molar-refractivity contribution >= 4 is 17.7 Å². The van der Waals surface area contributed by atoms with Gasteiger partial charge in [0, 0.05) is 31.2 Å². The molecule has 0 radical (unpaired) electrons. The first-order valence-corrected chi connectivity index (χ1v) is 13.1. The van der Waals surface area contributed by atoms with Crippen LogP contribution in [-0.4, -0.2) is 34.3 Å². The van der Waals surface area contributed by atoms with E-state index in [1.54, 1.807) is 18.9 Å². The van der Waals surface area contributed by atoms with Crippen LogP contribution in [0.25, 0.3) is 5.69 Å². The Morgan fingerprint density at radius 3 is 2.65 bits per heavy atom. The van der Waals surface area contributed by atoms with Crippen LogP contribution in [0.15, 0.2) is 47.6 Å². The Morgan fingerprint density at radius 1 is 1.12 bits per heavy atom. The molecule has 1 N–H and O–H groups in total. The summed E-state index contributed by atoms with van der Waals surface area (Å²) >= 11 is 1.69. The van der Waals surface area contributed by atoms with Gasteiger partial charge in [0.05, 0.1) is 12.8 Å². The summed E-state index contributed by atoms with van der Waals surface area (Å²) in [5.41, 5.74) is 4.81. The Hall–Kier alpha value is -2.80. The summed E-state index contributed by atoms with van der Waals surface area (Å²) in [6.07, 6.45) is 5.57. The van der Waals surface area contributed by atoms with E-state index >= 15 is 0 Å². The van der Waals surface area contributed by atoms with Gasteiger partial charge in [0.1, 0.15) is 11.6 Å². The molecule has 1 saturated carbocycles. The highest BCUT2D eigenvalue weighted by atomic mass is 32.2. The predicted octanol–water partition coefficient (Wildman–Crippen LogP) is 5.42. The molecule has 4 rings (SSSR count). The molecule has 180 valence electrons. The van der Waals surface area contributed by atoms with Crippen LogP contribution in [-0.2, 0) is 17.0 Å². The van der Waals surface area contributed by atoms with Crippen molar-refractivity contribution in [2.75, 3.05) is 13.7 Å². The number of methoxy groups -OCH3 is 1.